The second-order valence-corrected chi connectivity index (χ2v) is 7.10. The van der Waals surface area contributed by atoms with E-state index in [1.54, 1.807) is 29.6 Å². The van der Waals surface area contributed by atoms with E-state index in [-0.39, 0.29) is 17.9 Å². The number of amidine groups is 1. The molecule has 2 aliphatic rings. The molecular formula is C21H24N6O. The van der Waals surface area contributed by atoms with Crippen molar-refractivity contribution in [2.75, 3.05) is 13.1 Å². The van der Waals surface area contributed by atoms with E-state index < -0.39 is 0 Å². The first kappa shape index (κ1) is 18.2. The molecule has 2 aliphatic heterocycles. The average molecular weight is 376 g/mol. The Morgan fingerprint density at radius 2 is 2.00 bits per heavy atom. The zero-order valence-corrected chi connectivity index (χ0v) is 15.7. The molecule has 1 aromatic carbocycles. The van der Waals surface area contributed by atoms with Crippen LogP contribution in [0.15, 0.2) is 53.9 Å². The summed E-state index contributed by atoms with van der Waals surface area (Å²) in [4.78, 5) is 22.2. The molecule has 0 bridgehead atoms. The van der Waals surface area contributed by atoms with Crippen molar-refractivity contribution in [3.8, 4) is 0 Å². The number of carbonyl (C=O) groups is 1. The summed E-state index contributed by atoms with van der Waals surface area (Å²) in [6, 6.07) is 10.1. The van der Waals surface area contributed by atoms with Crippen molar-refractivity contribution in [1.29, 1.82) is 5.41 Å². The van der Waals surface area contributed by atoms with Gasteiger partial charge in [-0.05, 0) is 30.6 Å². The number of benzene rings is 1. The van der Waals surface area contributed by atoms with E-state index in [0.717, 1.165) is 30.7 Å². The first-order valence-electron chi connectivity index (χ1n) is 9.64. The zero-order valence-electron chi connectivity index (χ0n) is 15.7. The Hall–Kier alpha value is -3.22. The van der Waals surface area contributed by atoms with Crippen LogP contribution in [0.2, 0.25) is 0 Å². The first-order valence-corrected chi connectivity index (χ1v) is 9.64. The molecule has 4 rings (SSSR count). The Bertz CT molecular complexity index is 866. The summed E-state index contributed by atoms with van der Waals surface area (Å²) in [5, 5.41) is 14.3. The molecule has 1 atom stereocenters. The number of carbonyl (C=O) groups excluding carboxylic acids is 1. The van der Waals surface area contributed by atoms with Gasteiger partial charge in [-0.25, -0.2) is 9.99 Å². The Morgan fingerprint density at radius 1 is 1.21 bits per heavy atom. The molecule has 0 aliphatic carbocycles. The maximum atomic E-state index is 13.1. The molecule has 144 valence electrons. The second kappa shape index (κ2) is 8.21. The van der Waals surface area contributed by atoms with Gasteiger partial charge in [0.15, 0.2) is 0 Å². The summed E-state index contributed by atoms with van der Waals surface area (Å²) in [7, 11) is 0. The number of hydrogen-bond donors (Lipinski definition) is 2. The highest BCUT2D eigenvalue weighted by Gasteiger charge is 2.34. The number of likely N-dealkylation sites (tertiary alicyclic amines) is 1. The Kier molecular flexibility index (Phi) is 5.32. The van der Waals surface area contributed by atoms with Gasteiger partial charge in [0.25, 0.3) is 0 Å². The van der Waals surface area contributed by atoms with Gasteiger partial charge >= 0.3 is 0 Å². The summed E-state index contributed by atoms with van der Waals surface area (Å²) < 4.78 is 0. The lowest BCUT2D eigenvalue weighted by molar-refractivity contribution is -0.138. The number of aromatic nitrogens is 2. The zero-order chi connectivity index (χ0) is 19.3. The van der Waals surface area contributed by atoms with Gasteiger partial charge < -0.3 is 9.88 Å². The van der Waals surface area contributed by atoms with Crippen LogP contribution in [-0.4, -0.2) is 50.9 Å². The number of imidazole rings is 1. The van der Waals surface area contributed by atoms with E-state index >= 15 is 0 Å². The van der Waals surface area contributed by atoms with Crippen LogP contribution >= 0.6 is 0 Å². The molecule has 2 aromatic rings. The molecule has 3 heterocycles. The standard InChI is InChI=1S/C21H24N6O/c22-19(6-7-20-23-12-13-24-20)26-14-9-17(10-15-26)21(28)27-18(8-11-25-27)16-4-2-1-3-5-16/h1-7,11-13,17-18,22H,8-10,14-15H2,(H,23,24)/b7-6-,22-19?. The summed E-state index contributed by atoms with van der Waals surface area (Å²) in [6.07, 6.45) is 11.1. The van der Waals surface area contributed by atoms with Gasteiger partial charge in [0.2, 0.25) is 5.91 Å². The highest BCUT2D eigenvalue weighted by Crippen LogP contribution is 2.31. The first-order chi connectivity index (χ1) is 13.7. The number of nitrogens with zero attached hydrogens (tertiary/aromatic N) is 4. The highest BCUT2D eigenvalue weighted by molar-refractivity contribution is 5.94. The number of rotatable bonds is 4. The quantitative estimate of drug-likeness (QED) is 0.635. The third kappa shape index (κ3) is 3.88. The molecule has 1 unspecified atom stereocenters. The summed E-state index contributed by atoms with van der Waals surface area (Å²) in [5.41, 5.74) is 1.12. The highest BCUT2D eigenvalue weighted by atomic mass is 16.2. The number of nitrogens with one attached hydrogen (secondary N) is 2. The lowest BCUT2D eigenvalue weighted by atomic mass is 9.94. The summed E-state index contributed by atoms with van der Waals surface area (Å²) in [6.45, 7) is 1.40. The Morgan fingerprint density at radius 3 is 2.71 bits per heavy atom. The average Bonchev–Trinajstić information content (AvgIpc) is 3.44. The van der Waals surface area contributed by atoms with Gasteiger partial charge in [0.1, 0.15) is 11.7 Å². The fourth-order valence-corrected chi connectivity index (χ4v) is 3.76. The molecule has 1 aromatic heterocycles. The molecule has 0 saturated carbocycles. The topological polar surface area (TPSA) is 88.4 Å². The molecule has 0 radical (unpaired) electrons. The number of H-pyrrole nitrogens is 1. The molecule has 7 nitrogen and oxygen atoms in total. The van der Waals surface area contributed by atoms with E-state index in [2.05, 4.69) is 27.2 Å². The second-order valence-electron chi connectivity index (χ2n) is 7.10. The van der Waals surface area contributed by atoms with E-state index in [1.807, 2.05) is 29.3 Å². The van der Waals surface area contributed by atoms with Gasteiger partial charge in [-0.3, -0.25) is 10.2 Å². The van der Waals surface area contributed by atoms with Crippen LogP contribution in [-0.2, 0) is 4.79 Å². The van der Waals surface area contributed by atoms with Crippen molar-refractivity contribution in [1.82, 2.24) is 19.9 Å². The molecule has 1 saturated heterocycles. The van der Waals surface area contributed by atoms with Gasteiger partial charge in [-0.1, -0.05) is 30.3 Å². The maximum Gasteiger partial charge on any atom is 0.246 e. The molecule has 7 heteroatoms. The van der Waals surface area contributed by atoms with Crippen LogP contribution < -0.4 is 0 Å². The van der Waals surface area contributed by atoms with Crippen LogP contribution in [0.1, 0.15) is 36.7 Å². The van der Waals surface area contributed by atoms with E-state index in [9.17, 15) is 4.79 Å². The minimum atomic E-state index is -0.0421. The van der Waals surface area contributed by atoms with E-state index in [1.165, 1.54) is 0 Å². The normalized spacial score (nSPS) is 20.2. The minimum absolute atomic E-state index is 0.00116. The van der Waals surface area contributed by atoms with Crippen LogP contribution in [0.5, 0.6) is 0 Å². The van der Waals surface area contributed by atoms with E-state index in [4.69, 9.17) is 5.41 Å². The van der Waals surface area contributed by atoms with Gasteiger partial charge in [-0.15, -0.1) is 0 Å². The van der Waals surface area contributed by atoms with Crippen LogP contribution in [0.3, 0.4) is 0 Å². The summed E-state index contributed by atoms with van der Waals surface area (Å²) in [5.74, 6) is 1.23. The Labute approximate surface area is 164 Å². The number of piperidine rings is 1. The fourth-order valence-electron chi connectivity index (χ4n) is 3.76. The number of hydrogen-bond acceptors (Lipinski definition) is 4. The number of hydrazone groups is 1. The van der Waals surface area contributed by atoms with Crippen molar-refractivity contribution in [2.45, 2.75) is 25.3 Å². The predicted octanol–water partition coefficient (Wildman–Crippen LogP) is 3.07. The molecular weight excluding hydrogens is 352 g/mol. The SMILES string of the molecule is N=C(/C=C\c1ncc[nH]1)N1CCC(C(=O)N2N=CCC2c2ccccc2)CC1. The summed E-state index contributed by atoms with van der Waals surface area (Å²) >= 11 is 0. The molecule has 28 heavy (non-hydrogen) atoms. The van der Waals surface area contributed by atoms with Crippen LogP contribution in [0, 0.1) is 11.3 Å². The van der Waals surface area contributed by atoms with Crippen molar-refractivity contribution in [3.63, 3.8) is 0 Å². The Balaban J connectivity index is 1.34. The van der Waals surface area contributed by atoms with Crippen molar-refractivity contribution in [2.24, 2.45) is 11.0 Å². The molecule has 1 amide bonds. The lowest BCUT2D eigenvalue weighted by Gasteiger charge is -2.34. The molecule has 1 fully saturated rings. The van der Waals surface area contributed by atoms with Crippen molar-refractivity contribution in [3.05, 3.63) is 60.2 Å². The smallest absolute Gasteiger partial charge is 0.246 e. The van der Waals surface area contributed by atoms with Crippen molar-refractivity contribution < 1.29 is 4.79 Å². The number of aromatic amines is 1. The monoisotopic (exact) mass is 376 g/mol. The third-order valence-corrected chi connectivity index (χ3v) is 5.34. The maximum absolute atomic E-state index is 13.1. The molecule has 2 N–H and O–H groups in total. The largest absolute Gasteiger partial charge is 0.357 e. The molecule has 0 spiro atoms. The van der Waals surface area contributed by atoms with Crippen LogP contribution in [0.4, 0.5) is 0 Å². The van der Waals surface area contributed by atoms with Crippen molar-refractivity contribution >= 4 is 24.0 Å². The van der Waals surface area contributed by atoms with E-state index in [0.29, 0.717) is 18.9 Å². The third-order valence-electron chi connectivity index (χ3n) is 5.34. The predicted molar refractivity (Wildman–Crippen MR) is 109 cm³/mol. The fraction of sp³-hybridized carbons (Fsp3) is 0.333. The number of amides is 1. The van der Waals surface area contributed by atoms with Gasteiger partial charge in [0, 0.05) is 44.0 Å². The van der Waals surface area contributed by atoms with Gasteiger partial charge in [0.05, 0.1) is 6.04 Å². The lowest BCUT2D eigenvalue weighted by Crippen LogP contribution is -2.42. The minimum Gasteiger partial charge on any atom is -0.357 e. The van der Waals surface area contributed by atoms with Crippen LogP contribution in [0.25, 0.3) is 6.08 Å². The van der Waals surface area contributed by atoms with Gasteiger partial charge in [-0.2, -0.15) is 5.10 Å².